The molecule has 3 aromatic rings. The zero-order valence-corrected chi connectivity index (χ0v) is 14.8. The highest BCUT2D eigenvalue weighted by molar-refractivity contribution is 6.04. The molecule has 1 amide bonds. The number of nitrogens with one attached hydrogen (secondary N) is 1. The van der Waals surface area contributed by atoms with Crippen molar-refractivity contribution in [1.29, 1.82) is 0 Å². The summed E-state index contributed by atoms with van der Waals surface area (Å²) in [6.45, 7) is 0. The third-order valence-corrected chi connectivity index (χ3v) is 4.70. The SMILES string of the molecule is O=C(Nc1cc([N+](=O)[O-])ccc1F)c1nn(-c2ccc(F)c(F)c2)c2c1CCC2. The molecule has 0 fully saturated rings. The Morgan fingerprint density at radius 3 is 2.55 bits per heavy atom. The van der Waals surface area contributed by atoms with Crippen LogP contribution >= 0.6 is 0 Å². The number of amides is 1. The van der Waals surface area contributed by atoms with E-state index in [2.05, 4.69) is 10.4 Å². The molecule has 0 saturated heterocycles. The summed E-state index contributed by atoms with van der Waals surface area (Å²) in [4.78, 5) is 22.9. The molecule has 4 rings (SSSR count). The Morgan fingerprint density at radius 2 is 1.83 bits per heavy atom. The molecule has 0 radical (unpaired) electrons. The molecular weight excluding hydrogens is 389 g/mol. The van der Waals surface area contributed by atoms with Gasteiger partial charge in [0.05, 0.1) is 16.3 Å². The van der Waals surface area contributed by atoms with Gasteiger partial charge in [-0.3, -0.25) is 14.9 Å². The fourth-order valence-corrected chi connectivity index (χ4v) is 3.35. The van der Waals surface area contributed by atoms with E-state index in [4.69, 9.17) is 0 Å². The number of rotatable bonds is 4. The smallest absolute Gasteiger partial charge is 0.276 e. The van der Waals surface area contributed by atoms with Crippen molar-refractivity contribution >= 4 is 17.3 Å². The Balaban J connectivity index is 1.71. The van der Waals surface area contributed by atoms with Crippen molar-refractivity contribution in [3.05, 3.63) is 80.9 Å². The molecule has 0 saturated carbocycles. The van der Waals surface area contributed by atoms with Gasteiger partial charge in [0.2, 0.25) is 0 Å². The summed E-state index contributed by atoms with van der Waals surface area (Å²) in [6.07, 6.45) is 1.86. The molecule has 0 atom stereocenters. The fraction of sp³-hybridized carbons (Fsp3) is 0.158. The van der Waals surface area contributed by atoms with Gasteiger partial charge in [-0.15, -0.1) is 0 Å². The first-order chi connectivity index (χ1) is 13.8. The number of anilines is 1. The summed E-state index contributed by atoms with van der Waals surface area (Å²) in [6, 6.07) is 6.07. The summed E-state index contributed by atoms with van der Waals surface area (Å²) < 4.78 is 42.2. The lowest BCUT2D eigenvalue weighted by Crippen LogP contribution is -2.16. The van der Waals surface area contributed by atoms with Crippen molar-refractivity contribution in [3.63, 3.8) is 0 Å². The van der Waals surface area contributed by atoms with E-state index >= 15 is 0 Å². The van der Waals surface area contributed by atoms with Crippen molar-refractivity contribution in [2.45, 2.75) is 19.3 Å². The Morgan fingerprint density at radius 1 is 1.07 bits per heavy atom. The molecule has 29 heavy (non-hydrogen) atoms. The molecule has 10 heteroatoms. The minimum Gasteiger partial charge on any atom is -0.318 e. The predicted molar refractivity (Wildman–Crippen MR) is 96.5 cm³/mol. The molecule has 148 valence electrons. The van der Waals surface area contributed by atoms with Gasteiger partial charge < -0.3 is 5.32 Å². The third kappa shape index (κ3) is 3.33. The summed E-state index contributed by atoms with van der Waals surface area (Å²) in [5, 5.41) is 17.4. The summed E-state index contributed by atoms with van der Waals surface area (Å²) in [5.74, 6) is -3.63. The van der Waals surface area contributed by atoms with Gasteiger partial charge in [-0.1, -0.05) is 0 Å². The van der Waals surface area contributed by atoms with Gasteiger partial charge in [0.15, 0.2) is 17.3 Å². The zero-order chi connectivity index (χ0) is 20.7. The van der Waals surface area contributed by atoms with Crippen molar-refractivity contribution < 1.29 is 22.9 Å². The van der Waals surface area contributed by atoms with E-state index in [1.165, 1.54) is 10.7 Å². The second-order valence-corrected chi connectivity index (χ2v) is 6.51. The van der Waals surface area contributed by atoms with Crippen LogP contribution in [0, 0.1) is 27.6 Å². The molecule has 0 unspecified atom stereocenters. The van der Waals surface area contributed by atoms with Gasteiger partial charge in [0.1, 0.15) is 5.82 Å². The number of non-ortho nitro benzene ring substituents is 1. The minimum atomic E-state index is -1.05. The lowest BCUT2D eigenvalue weighted by Gasteiger charge is -2.07. The van der Waals surface area contributed by atoms with Crippen LogP contribution in [0.3, 0.4) is 0 Å². The van der Waals surface area contributed by atoms with E-state index in [1.807, 2.05) is 0 Å². The molecular formula is C19H13F3N4O3. The lowest BCUT2D eigenvalue weighted by atomic mass is 10.2. The molecule has 1 N–H and O–H groups in total. The number of hydrogen-bond acceptors (Lipinski definition) is 4. The molecule has 1 aromatic heterocycles. The largest absolute Gasteiger partial charge is 0.318 e. The van der Waals surface area contributed by atoms with Crippen LogP contribution in [-0.4, -0.2) is 20.6 Å². The first-order valence-corrected chi connectivity index (χ1v) is 8.66. The van der Waals surface area contributed by atoms with Gasteiger partial charge in [-0.05, 0) is 37.5 Å². The quantitative estimate of drug-likeness (QED) is 0.529. The highest BCUT2D eigenvalue weighted by atomic mass is 19.2. The van der Waals surface area contributed by atoms with Gasteiger partial charge >= 0.3 is 0 Å². The van der Waals surface area contributed by atoms with Crippen LogP contribution in [-0.2, 0) is 12.8 Å². The zero-order valence-electron chi connectivity index (χ0n) is 14.8. The maximum absolute atomic E-state index is 14.0. The van der Waals surface area contributed by atoms with E-state index in [0.29, 0.717) is 24.1 Å². The number of benzene rings is 2. The number of hydrogen-bond donors (Lipinski definition) is 1. The van der Waals surface area contributed by atoms with E-state index in [9.17, 15) is 28.1 Å². The molecule has 1 heterocycles. The summed E-state index contributed by atoms with van der Waals surface area (Å²) >= 11 is 0. The van der Waals surface area contributed by atoms with Gasteiger partial charge in [0, 0.05) is 29.5 Å². The summed E-state index contributed by atoms with van der Waals surface area (Å²) in [5.41, 5.74) is 0.840. The molecule has 2 aromatic carbocycles. The number of fused-ring (bicyclic) bond motifs is 1. The maximum atomic E-state index is 14.0. The van der Waals surface area contributed by atoms with Crippen molar-refractivity contribution in [2.75, 3.05) is 5.32 Å². The van der Waals surface area contributed by atoms with Crippen LogP contribution in [0.5, 0.6) is 0 Å². The van der Waals surface area contributed by atoms with E-state index in [1.54, 1.807) is 0 Å². The average Bonchev–Trinajstić information content (AvgIpc) is 3.28. The Kier molecular flexibility index (Phi) is 4.53. The average molecular weight is 402 g/mol. The van der Waals surface area contributed by atoms with Gasteiger partial charge in [-0.2, -0.15) is 5.10 Å². The van der Waals surface area contributed by atoms with Crippen LogP contribution in [0.15, 0.2) is 36.4 Å². The van der Waals surface area contributed by atoms with Crippen LogP contribution in [0.2, 0.25) is 0 Å². The van der Waals surface area contributed by atoms with E-state index in [0.717, 1.165) is 36.8 Å². The molecule has 1 aliphatic carbocycles. The number of carbonyl (C=O) groups excluding carboxylic acids is 1. The Hall–Kier alpha value is -3.69. The maximum Gasteiger partial charge on any atom is 0.276 e. The molecule has 0 bridgehead atoms. The number of aromatic nitrogens is 2. The number of nitro groups is 1. The Bertz CT molecular complexity index is 1160. The second kappa shape index (κ2) is 7.04. The van der Waals surface area contributed by atoms with Gasteiger partial charge in [0.25, 0.3) is 11.6 Å². The molecule has 7 nitrogen and oxygen atoms in total. The second-order valence-electron chi connectivity index (χ2n) is 6.51. The predicted octanol–water partition coefficient (Wildman–Crippen LogP) is 3.94. The topological polar surface area (TPSA) is 90.1 Å². The standard InChI is InChI=1S/C19H13F3N4O3/c20-13-6-4-10(8-15(13)22)25-17-3-1-2-12(17)18(24-25)19(27)23-16-9-11(26(28)29)5-7-14(16)21/h4-9H,1-3H2,(H,23,27). The van der Waals surface area contributed by atoms with Crippen molar-refractivity contribution in [1.82, 2.24) is 9.78 Å². The fourth-order valence-electron chi connectivity index (χ4n) is 3.35. The highest BCUT2D eigenvalue weighted by Crippen LogP contribution is 2.29. The van der Waals surface area contributed by atoms with Crippen molar-refractivity contribution in [2.24, 2.45) is 0 Å². The molecule has 0 aliphatic heterocycles. The van der Waals surface area contributed by atoms with Crippen LogP contribution in [0.4, 0.5) is 24.5 Å². The lowest BCUT2D eigenvalue weighted by molar-refractivity contribution is -0.384. The van der Waals surface area contributed by atoms with Crippen LogP contribution in [0.1, 0.15) is 28.2 Å². The third-order valence-electron chi connectivity index (χ3n) is 4.70. The van der Waals surface area contributed by atoms with Crippen molar-refractivity contribution in [3.8, 4) is 5.69 Å². The highest BCUT2D eigenvalue weighted by Gasteiger charge is 2.28. The summed E-state index contributed by atoms with van der Waals surface area (Å²) in [7, 11) is 0. The van der Waals surface area contributed by atoms with Gasteiger partial charge in [-0.25, -0.2) is 17.9 Å². The Labute approximate surface area is 161 Å². The number of nitrogens with zero attached hydrogens (tertiary/aromatic N) is 3. The monoisotopic (exact) mass is 402 g/mol. The first-order valence-electron chi connectivity index (χ1n) is 8.66. The van der Waals surface area contributed by atoms with Crippen LogP contribution in [0.25, 0.3) is 5.69 Å². The first kappa shape index (κ1) is 18.7. The van der Waals surface area contributed by atoms with E-state index < -0.39 is 28.3 Å². The number of halogens is 3. The minimum absolute atomic E-state index is 0.00754. The normalized spacial score (nSPS) is 12.7. The van der Waals surface area contributed by atoms with E-state index in [-0.39, 0.29) is 22.8 Å². The molecule has 0 spiro atoms. The van der Waals surface area contributed by atoms with Crippen LogP contribution < -0.4 is 5.32 Å². The number of carbonyl (C=O) groups is 1. The molecule has 1 aliphatic rings. The number of nitro benzene ring substituents is 1.